The molecule has 0 spiro atoms. The summed E-state index contributed by atoms with van der Waals surface area (Å²) in [6, 6.07) is 6.79. The lowest BCUT2D eigenvalue weighted by Gasteiger charge is -2.11. The maximum atomic E-state index is 12.6. The van der Waals surface area contributed by atoms with Crippen LogP contribution in [0.25, 0.3) is 17.1 Å². The number of allylic oxidation sites excluding steroid dienone is 2. The number of aromatic nitrogens is 1. The third-order valence-electron chi connectivity index (χ3n) is 3.08. The summed E-state index contributed by atoms with van der Waals surface area (Å²) in [6.45, 7) is 7.28. The Morgan fingerprint density at radius 2 is 2.09 bits per heavy atom. The Kier molecular flexibility index (Phi) is 4.46. The third-order valence-corrected chi connectivity index (χ3v) is 3.08. The van der Waals surface area contributed by atoms with E-state index in [1.807, 2.05) is 0 Å². The van der Waals surface area contributed by atoms with E-state index in [0.717, 1.165) is 5.57 Å². The van der Waals surface area contributed by atoms with Crippen molar-refractivity contribution in [1.82, 2.24) is 4.57 Å². The van der Waals surface area contributed by atoms with Crippen LogP contribution in [0.1, 0.15) is 24.2 Å². The highest BCUT2D eigenvalue weighted by Gasteiger charge is 2.22. The van der Waals surface area contributed by atoms with Crippen molar-refractivity contribution in [3.8, 4) is 5.75 Å². The highest BCUT2D eigenvalue weighted by atomic mass is 16.5. The fourth-order valence-electron chi connectivity index (χ4n) is 2.09. The van der Waals surface area contributed by atoms with Gasteiger partial charge in [0.2, 0.25) is 0 Å². The largest absolute Gasteiger partial charge is 0.506 e. The molecule has 1 heterocycles. The molecule has 0 bridgehead atoms. The van der Waals surface area contributed by atoms with E-state index in [4.69, 9.17) is 4.74 Å². The lowest BCUT2D eigenvalue weighted by molar-refractivity contribution is 0.0521. The van der Waals surface area contributed by atoms with Gasteiger partial charge in [-0.2, -0.15) is 0 Å². The predicted molar refractivity (Wildman–Crippen MR) is 86.0 cm³/mol. The molecule has 0 saturated heterocycles. The lowest BCUT2D eigenvalue weighted by atomic mass is 10.1. The predicted octanol–water partition coefficient (Wildman–Crippen LogP) is 2.93. The van der Waals surface area contributed by atoms with Gasteiger partial charge in [-0.3, -0.25) is 9.36 Å². The molecule has 0 aliphatic rings. The van der Waals surface area contributed by atoms with Gasteiger partial charge in [0.25, 0.3) is 5.56 Å². The number of esters is 1. The van der Waals surface area contributed by atoms with Crippen LogP contribution in [0.4, 0.5) is 0 Å². The van der Waals surface area contributed by atoms with Gasteiger partial charge < -0.3 is 9.84 Å². The van der Waals surface area contributed by atoms with Crippen LogP contribution < -0.4 is 5.56 Å². The molecule has 0 amide bonds. The van der Waals surface area contributed by atoms with Gasteiger partial charge >= 0.3 is 5.97 Å². The highest BCUT2D eigenvalue weighted by Crippen LogP contribution is 2.26. The van der Waals surface area contributed by atoms with E-state index >= 15 is 0 Å². The molecule has 2 aromatic rings. The van der Waals surface area contributed by atoms with Crippen molar-refractivity contribution in [2.24, 2.45) is 0 Å². The van der Waals surface area contributed by atoms with E-state index < -0.39 is 11.5 Å². The Hall–Kier alpha value is -2.82. The minimum atomic E-state index is -0.840. The van der Waals surface area contributed by atoms with Gasteiger partial charge in [0.15, 0.2) is 5.56 Å². The molecular formula is C17H17NO4. The zero-order valence-electron chi connectivity index (χ0n) is 12.5. The fraction of sp³-hybridized carbons (Fsp3) is 0.176. The van der Waals surface area contributed by atoms with Gasteiger partial charge in [0.05, 0.1) is 12.1 Å². The number of hydrogen-bond acceptors (Lipinski definition) is 4. The molecule has 5 heteroatoms. The molecular weight excluding hydrogens is 282 g/mol. The number of fused-ring (bicyclic) bond motifs is 1. The minimum absolute atomic E-state index is 0.117. The van der Waals surface area contributed by atoms with Gasteiger partial charge in [0, 0.05) is 11.6 Å². The summed E-state index contributed by atoms with van der Waals surface area (Å²) in [5.41, 5.74) is 0.247. The third kappa shape index (κ3) is 2.79. The molecule has 0 saturated carbocycles. The van der Waals surface area contributed by atoms with Crippen LogP contribution in [0.5, 0.6) is 5.75 Å². The lowest BCUT2D eigenvalue weighted by Crippen LogP contribution is -2.25. The van der Waals surface area contributed by atoms with Gasteiger partial charge in [-0.05, 0) is 32.1 Å². The summed E-state index contributed by atoms with van der Waals surface area (Å²) in [6.07, 6.45) is 3.18. The van der Waals surface area contributed by atoms with Crippen LogP contribution in [-0.4, -0.2) is 22.2 Å². The smallest absolute Gasteiger partial charge is 0.347 e. The molecule has 114 valence electrons. The second kappa shape index (κ2) is 6.30. The molecule has 1 aromatic heterocycles. The second-order valence-electron chi connectivity index (χ2n) is 4.80. The Morgan fingerprint density at radius 3 is 2.73 bits per heavy atom. The number of ether oxygens (including phenoxy) is 1. The van der Waals surface area contributed by atoms with Crippen molar-refractivity contribution in [3.05, 3.63) is 58.4 Å². The normalized spacial score (nSPS) is 11.0. The summed E-state index contributed by atoms with van der Waals surface area (Å²) in [7, 11) is 0. The number of pyridine rings is 1. The topological polar surface area (TPSA) is 68.5 Å². The van der Waals surface area contributed by atoms with Gasteiger partial charge in [-0.25, -0.2) is 4.79 Å². The van der Waals surface area contributed by atoms with Crippen molar-refractivity contribution in [3.63, 3.8) is 0 Å². The van der Waals surface area contributed by atoms with Crippen molar-refractivity contribution >= 4 is 23.1 Å². The quantitative estimate of drug-likeness (QED) is 0.696. The first kappa shape index (κ1) is 15.6. The zero-order valence-corrected chi connectivity index (χ0v) is 12.5. The molecule has 0 aliphatic heterocycles. The second-order valence-corrected chi connectivity index (χ2v) is 4.80. The fourth-order valence-corrected chi connectivity index (χ4v) is 2.09. The van der Waals surface area contributed by atoms with Crippen molar-refractivity contribution < 1.29 is 14.6 Å². The van der Waals surface area contributed by atoms with Crippen LogP contribution in [0.2, 0.25) is 0 Å². The van der Waals surface area contributed by atoms with E-state index in [1.54, 1.807) is 44.2 Å². The van der Waals surface area contributed by atoms with Crippen LogP contribution in [0.3, 0.4) is 0 Å². The Balaban J connectivity index is 2.85. The number of hydrogen-bond donors (Lipinski definition) is 1. The first-order valence-corrected chi connectivity index (χ1v) is 6.84. The monoisotopic (exact) mass is 299 g/mol. The maximum Gasteiger partial charge on any atom is 0.347 e. The Labute approximate surface area is 127 Å². The molecule has 1 aromatic carbocycles. The number of para-hydroxylation sites is 1. The Bertz CT molecular complexity index is 830. The van der Waals surface area contributed by atoms with Crippen LogP contribution in [0, 0.1) is 0 Å². The molecule has 0 aliphatic carbocycles. The van der Waals surface area contributed by atoms with Gasteiger partial charge in [-0.15, -0.1) is 0 Å². The van der Waals surface area contributed by atoms with Gasteiger partial charge in [0.1, 0.15) is 5.75 Å². The number of aromatic hydroxyl groups is 1. The summed E-state index contributed by atoms with van der Waals surface area (Å²) >= 11 is 0. The molecule has 0 atom stereocenters. The average Bonchev–Trinajstić information content (AvgIpc) is 2.47. The first-order valence-electron chi connectivity index (χ1n) is 6.84. The highest BCUT2D eigenvalue weighted by molar-refractivity contribution is 6.00. The Morgan fingerprint density at radius 1 is 1.41 bits per heavy atom. The van der Waals surface area contributed by atoms with E-state index in [0.29, 0.717) is 10.9 Å². The van der Waals surface area contributed by atoms with E-state index in [1.165, 1.54) is 10.8 Å². The van der Waals surface area contributed by atoms with E-state index in [2.05, 4.69) is 6.58 Å². The van der Waals surface area contributed by atoms with Crippen LogP contribution >= 0.6 is 0 Å². The number of carbonyl (C=O) groups excluding carboxylic acids is 1. The van der Waals surface area contributed by atoms with Crippen molar-refractivity contribution in [1.29, 1.82) is 0 Å². The summed E-state index contributed by atoms with van der Waals surface area (Å²) in [4.78, 5) is 24.5. The van der Waals surface area contributed by atoms with Crippen LogP contribution in [-0.2, 0) is 4.74 Å². The van der Waals surface area contributed by atoms with Crippen molar-refractivity contribution in [2.75, 3.05) is 6.61 Å². The number of carbonyl (C=O) groups is 1. The van der Waals surface area contributed by atoms with E-state index in [-0.39, 0.29) is 17.9 Å². The first-order chi connectivity index (χ1) is 10.5. The molecule has 2 rings (SSSR count). The SMILES string of the molecule is C=C(C)C=Cn1c(=O)c(C(=O)OCC)c(O)c2ccccc21. The number of benzene rings is 1. The number of nitrogens with zero attached hydrogens (tertiary/aromatic N) is 1. The number of rotatable bonds is 4. The molecule has 1 N–H and O–H groups in total. The summed E-state index contributed by atoms with van der Waals surface area (Å²) in [5.74, 6) is -1.20. The minimum Gasteiger partial charge on any atom is -0.506 e. The van der Waals surface area contributed by atoms with Crippen molar-refractivity contribution in [2.45, 2.75) is 13.8 Å². The molecule has 0 unspecified atom stereocenters. The van der Waals surface area contributed by atoms with Crippen LogP contribution in [0.15, 0.2) is 47.3 Å². The van der Waals surface area contributed by atoms with Gasteiger partial charge in [-0.1, -0.05) is 24.3 Å². The molecule has 0 radical (unpaired) electrons. The standard InChI is InChI=1S/C17H17NO4/c1-4-22-17(21)14-15(19)12-7-5-6-8-13(12)18(16(14)20)10-9-11(2)3/h5-10,19H,2,4H2,1,3H3. The zero-order chi connectivity index (χ0) is 16.3. The molecule has 22 heavy (non-hydrogen) atoms. The maximum absolute atomic E-state index is 12.6. The molecule has 0 fully saturated rings. The average molecular weight is 299 g/mol. The molecule has 5 nitrogen and oxygen atoms in total. The summed E-state index contributed by atoms with van der Waals surface area (Å²) in [5, 5.41) is 10.7. The van der Waals surface area contributed by atoms with E-state index in [9.17, 15) is 14.7 Å². The summed E-state index contributed by atoms with van der Waals surface area (Å²) < 4.78 is 6.17.